The Labute approximate surface area is 109 Å². The summed E-state index contributed by atoms with van der Waals surface area (Å²) in [5.74, 6) is -1.82. The lowest BCUT2D eigenvalue weighted by atomic mass is 9.90. The molecule has 0 saturated heterocycles. The second-order valence-electron chi connectivity index (χ2n) is 4.30. The average Bonchev–Trinajstić information content (AvgIpc) is 2.45. The molecule has 0 spiro atoms. The molecule has 0 amide bonds. The van der Waals surface area contributed by atoms with E-state index in [2.05, 4.69) is 0 Å². The molecule has 3 rings (SSSR count). The van der Waals surface area contributed by atoms with Gasteiger partial charge in [-0.1, -0.05) is 12.1 Å². The van der Waals surface area contributed by atoms with Crippen LogP contribution >= 0.6 is 0 Å². The third-order valence-electron chi connectivity index (χ3n) is 3.19. The average molecular weight is 268 g/mol. The number of rotatable bonds is 0. The highest BCUT2D eigenvalue weighted by atomic mass is 16.2. The van der Waals surface area contributed by atoms with Crippen LogP contribution in [0.3, 0.4) is 0 Å². The van der Waals surface area contributed by atoms with Gasteiger partial charge in [-0.2, -0.15) is 0 Å². The van der Waals surface area contributed by atoms with Crippen LogP contribution in [0, 0.1) is 0 Å². The summed E-state index contributed by atoms with van der Waals surface area (Å²) in [6.07, 6.45) is 2.36. The molecule has 0 fully saturated rings. The highest BCUT2D eigenvalue weighted by Gasteiger charge is 2.26. The summed E-state index contributed by atoms with van der Waals surface area (Å²) >= 11 is 0. The second kappa shape index (κ2) is 3.74. The molecule has 1 aliphatic carbocycles. The number of hydrogen-bond donors (Lipinski definition) is 0. The third kappa shape index (κ3) is 1.33. The van der Waals surface area contributed by atoms with Crippen LogP contribution in [-0.4, -0.2) is 11.6 Å². The second-order valence-corrected chi connectivity index (χ2v) is 4.30. The molecule has 1 aliphatic rings. The van der Waals surface area contributed by atoms with Crippen molar-refractivity contribution >= 4 is 28.4 Å². The summed E-state index contributed by atoms with van der Waals surface area (Å²) in [5, 5.41) is -0.755. The van der Waals surface area contributed by atoms with E-state index in [9.17, 15) is 28.8 Å². The lowest BCUT2D eigenvalue weighted by Gasteiger charge is -2.10. The molecule has 0 aromatic heterocycles. The molecule has 2 aromatic rings. The van der Waals surface area contributed by atoms with Gasteiger partial charge in [0.2, 0.25) is 22.4 Å². The Morgan fingerprint density at radius 3 is 2.00 bits per heavy atom. The van der Waals surface area contributed by atoms with Gasteiger partial charge in [0, 0.05) is 16.3 Å². The SMILES string of the molecule is O=C1C=Cc2ccc3c(=O)c(=O)c(=O)c(=O)c3c2C1=O. The van der Waals surface area contributed by atoms with Crippen molar-refractivity contribution in [2.75, 3.05) is 0 Å². The Morgan fingerprint density at radius 1 is 0.650 bits per heavy atom. The minimum absolute atomic E-state index is 0.261. The van der Waals surface area contributed by atoms with Gasteiger partial charge >= 0.3 is 0 Å². The predicted molar refractivity (Wildman–Crippen MR) is 69.8 cm³/mol. The van der Waals surface area contributed by atoms with Gasteiger partial charge in [0.1, 0.15) is 0 Å². The van der Waals surface area contributed by atoms with Crippen LogP contribution in [0.15, 0.2) is 37.4 Å². The van der Waals surface area contributed by atoms with Crippen molar-refractivity contribution in [2.45, 2.75) is 0 Å². The summed E-state index contributed by atoms with van der Waals surface area (Å²) in [7, 11) is 0. The van der Waals surface area contributed by atoms with Crippen molar-refractivity contribution in [3.05, 3.63) is 70.2 Å². The molecule has 20 heavy (non-hydrogen) atoms. The van der Waals surface area contributed by atoms with Crippen molar-refractivity contribution in [3.63, 3.8) is 0 Å². The van der Waals surface area contributed by atoms with E-state index in [0.29, 0.717) is 0 Å². The fraction of sp³-hybridized carbons (Fsp3) is 0. The number of carbonyl (C=O) groups is 2. The number of allylic oxidation sites excluding steroid dienone is 1. The van der Waals surface area contributed by atoms with Crippen LogP contribution in [0.1, 0.15) is 15.9 Å². The van der Waals surface area contributed by atoms with Crippen LogP contribution in [-0.2, 0) is 4.79 Å². The van der Waals surface area contributed by atoms with Gasteiger partial charge in [0.25, 0.3) is 10.9 Å². The number of Topliss-reactive ketones (excluding diaryl/α,β-unsaturated/α-hetero) is 1. The molecule has 0 bridgehead atoms. The van der Waals surface area contributed by atoms with E-state index in [1.807, 2.05) is 0 Å². The number of ketones is 2. The van der Waals surface area contributed by atoms with Gasteiger partial charge in [0.15, 0.2) is 0 Å². The van der Waals surface area contributed by atoms with Crippen LogP contribution in [0.5, 0.6) is 0 Å². The molecular formula is C14H4O6. The quantitative estimate of drug-likeness (QED) is 0.564. The Morgan fingerprint density at radius 2 is 1.30 bits per heavy atom. The standard InChI is InChI=1S/C14H4O6/c15-7-4-2-5-1-3-6-9(8(5)11(7)17)12(18)14(20)13(19)10(6)16/h1-4H. The third-order valence-corrected chi connectivity index (χ3v) is 3.19. The fourth-order valence-electron chi connectivity index (χ4n) is 2.23. The zero-order valence-electron chi connectivity index (χ0n) is 9.76. The summed E-state index contributed by atoms with van der Waals surface area (Å²) in [6.45, 7) is 0. The lowest BCUT2D eigenvalue weighted by Crippen LogP contribution is -2.47. The van der Waals surface area contributed by atoms with Crippen molar-refractivity contribution in [2.24, 2.45) is 0 Å². The molecule has 0 aliphatic heterocycles. The highest BCUT2D eigenvalue weighted by Crippen LogP contribution is 2.22. The van der Waals surface area contributed by atoms with Gasteiger partial charge in [-0.15, -0.1) is 0 Å². The fourth-order valence-corrected chi connectivity index (χ4v) is 2.23. The van der Waals surface area contributed by atoms with Crippen molar-refractivity contribution < 1.29 is 9.59 Å². The van der Waals surface area contributed by atoms with E-state index in [4.69, 9.17) is 0 Å². The zero-order chi connectivity index (χ0) is 14.6. The molecule has 0 saturated carbocycles. The van der Waals surface area contributed by atoms with Gasteiger partial charge in [-0.3, -0.25) is 28.8 Å². The van der Waals surface area contributed by atoms with E-state index in [1.54, 1.807) is 0 Å². The van der Waals surface area contributed by atoms with Crippen LogP contribution in [0.2, 0.25) is 0 Å². The van der Waals surface area contributed by atoms with Gasteiger partial charge < -0.3 is 0 Å². The van der Waals surface area contributed by atoms with Crippen molar-refractivity contribution in [3.8, 4) is 0 Å². The van der Waals surface area contributed by atoms with Crippen LogP contribution in [0.25, 0.3) is 16.8 Å². The number of fused-ring (bicyclic) bond motifs is 3. The molecule has 0 N–H and O–H groups in total. The van der Waals surface area contributed by atoms with Crippen LogP contribution in [0.4, 0.5) is 0 Å². The van der Waals surface area contributed by atoms with Gasteiger partial charge in [-0.05, 0) is 17.7 Å². The first-order valence-corrected chi connectivity index (χ1v) is 5.55. The molecular weight excluding hydrogens is 264 g/mol. The van der Waals surface area contributed by atoms with Crippen molar-refractivity contribution in [1.29, 1.82) is 0 Å². The van der Waals surface area contributed by atoms with E-state index in [0.717, 1.165) is 6.08 Å². The Bertz CT molecular complexity index is 1050. The van der Waals surface area contributed by atoms with E-state index in [-0.39, 0.29) is 16.5 Å². The largest absolute Gasteiger partial charge is 0.286 e. The van der Waals surface area contributed by atoms with E-state index in [1.165, 1.54) is 18.2 Å². The lowest BCUT2D eigenvalue weighted by molar-refractivity contribution is -0.110. The van der Waals surface area contributed by atoms with Crippen LogP contribution < -0.4 is 21.7 Å². The maximum atomic E-state index is 11.9. The maximum Gasteiger partial charge on any atom is 0.277 e. The number of hydrogen-bond acceptors (Lipinski definition) is 6. The van der Waals surface area contributed by atoms with E-state index >= 15 is 0 Å². The topological polar surface area (TPSA) is 102 Å². The normalized spacial score (nSPS) is 13.8. The summed E-state index contributed by atoms with van der Waals surface area (Å²) in [6, 6.07) is 2.55. The zero-order valence-corrected chi connectivity index (χ0v) is 9.76. The molecule has 6 heteroatoms. The van der Waals surface area contributed by atoms with Crippen molar-refractivity contribution in [1.82, 2.24) is 0 Å². The molecule has 0 atom stereocenters. The van der Waals surface area contributed by atoms with Gasteiger partial charge in [-0.25, -0.2) is 0 Å². The Hall–Kier alpha value is -3.02. The summed E-state index contributed by atoms with van der Waals surface area (Å²) < 4.78 is 0. The van der Waals surface area contributed by atoms with E-state index < -0.39 is 38.7 Å². The summed E-state index contributed by atoms with van der Waals surface area (Å²) in [5.41, 5.74) is -5.29. The molecule has 96 valence electrons. The predicted octanol–water partition coefficient (Wildman–Crippen LogP) is -1.07. The smallest absolute Gasteiger partial charge is 0.277 e. The monoisotopic (exact) mass is 268 g/mol. The minimum atomic E-state index is -1.48. The first kappa shape index (κ1) is 12.0. The molecule has 0 radical (unpaired) electrons. The highest BCUT2D eigenvalue weighted by molar-refractivity contribution is 6.51. The summed E-state index contributed by atoms with van der Waals surface area (Å²) in [4.78, 5) is 69.6. The molecule has 2 aromatic carbocycles. The van der Waals surface area contributed by atoms with Gasteiger partial charge in [0.05, 0.1) is 0 Å². The Balaban J connectivity index is 2.73. The molecule has 0 heterocycles. The first-order valence-electron chi connectivity index (χ1n) is 5.55. The number of benzene rings is 2. The molecule has 6 nitrogen and oxygen atoms in total. The number of carbonyl (C=O) groups excluding carboxylic acids is 2. The minimum Gasteiger partial charge on any atom is -0.286 e. The Kier molecular flexibility index (Phi) is 2.25. The first-order chi connectivity index (χ1) is 9.43. The molecule has 0 unspecified atom stereocenters. The maximum absolute atomic E-state index is 11.9.